The molecule has 0 fully saturated rings. The molecule has 0 radical (unpaired) electrons. The van der Waals surface area contributed by atoms with Crippen molar-refractivity contribution in [3.05, 3.63) is 11.3 Å². The minimum absolute atomic E-state index is 0.00412. The van der Waals surface area contributed by atoms with Gasteiger partial charge < -0.3 is 10.6 Å². The Hall–Kier alpha value is -1.36. The molecular formula is C11H20N4O. The van der Waals surface area contributed by atoms with E-state index in [0.29, 0.717) is 12.4 Å². The Kier molecular flexibility index (Phi) is 4.49. The number of aromatic amines is 1. The Labute approximate surface area is 96.0 Å². The van der Waals surface area contributed by atoms with E-state index in [1.807, 2.05) is 27.7 Å². The molecular weight excluding hydrogens is 204 g/mol. The zero-order chi connectivity index (χ0) is 12.1. The first-order valence-corrected chi connectivity index (χ1v) is 5.59. The molecule has 1 atom stereocenters. The van der Waals surface area contributed by atoms with Crippen LogP contribution in [0.25, 0.3) is 0 Å². The highest BCUT2D eigenvalue weighted by atomic mass is 16.2. The van der Waals surface area contributed by atoms with Crippen molar-refractivity contribution in [1.29, 1.82) is 0 Å². The van der Waals surface area contributed by atoms with E-state index in [1.165, 1.54) is 0 Å². The number of carbonyl (C=O) groups is 1. The van der Waals surface area contributed by atoms with Crippen molar-refractivity contribution in [2.24, 2.45) is 5.92 Å². The SMILES string of the molecule is CCNCC(C)C(=O)Nc1n[nH]c(C)c1C. The standard InChI is InChI=1S/C11H20N4O/c1-5-12-6-7(2)11(16)13-10-8(3)9(4)14-15-10/h7,12H,5-6H2,1-4H3,(H2,13,14,15,16). The Morgan fingerprint density at radius 2 is 2.19 bits per heavy atom. The summed E-state index contributed by atoms with van der Waals surface area (Å²) in [6.45, 7) is 9.34. The number of aromatic nitrogens is 2. The van der Waals surface area contributed by atoms with Crippen LogP contribution in [0.2, 0.25) is 0 Å². The highest BCUT2D eigenvalue weighted by Gasteiger charge is 2.15. The van der Waals surface area contributed by atoms with E-state index in [-0.39, 0.29) is 11.8 Å². The molecule has 5 heteroatoms. The van der Waals surface area contributed by atoms with E-state index in [9.17, 15) is 4.79 Å². The van der Waals surface area contributed by atoms with Gasteiger partial charge in [-0.15, -0.1) is 0 Å². The lowest BCUT2D eigenvalue weighted by Gasteiger charge is -2.11. The fourth-order valence-corrected chi connectivity index (χ4v) is 1.30. The number of amides is 1. The molecule has 0 spiro atoms. The van der Waals surface area contributed by atoms with Gasteiger partial charge in [-0.05, 0) is 20.4 Å². The summed E-state index contributed by atoms with van der Waals surface area (Å²) in [6, 6.07) is 0. The number of anilines is 1. The number of H-pyrrole nitrogens is 1. The molecule has 5 nitrogen and oxygen atoms in total. The van der Waals surface area contributed by atoms with Gasteiger partial charge in [0.25, 0.3) is 0 Å². The summed E-state index contributed by atoms with van der Waals surface area (Å²) in [7, 11) is 0. The number of hydrogen-bond donors (Lipinski definition) is 3. The molecule has 1 heterocycles. The molecule has 90 valence electrons. The molecule has 0 aliphatic heterocycles. The molecule has 0 aliphatic rings. The van der Waals surface area contributed by atoms with Crippen LogP contribution >= 0.6 is 0 Å². The highest BCUT2D eigenvalue weighted by molar-refractivity contribution is 5.92. The summed E-state index contributed by atoms with van der Waals surface area (Å²) in [5.41, 5.74) is 1.97. The fraction of sp³-hybridized carbons (Fsp3) is 0.636. The smallest absolute Gasteiger partial charge is 0.229 e. The molecule has 3 N–H and O–H groups in total. The van der Waals surface area contributed by atoms with Crippen molar-refractivity contribution in [2.75, 3.05) is 18.4 Å². The maximum absolute atomic E-state index is 11.8. The minimum Gasteiger partial charge on any atom is -0.316 e. The van der Waals surface area contributed by atoms with Gasteiger partial charge in [-0.3, -0.25) is 9.89 Å². The lowest BCUT2D eigenvalue weighted by molar-refractivity contribution is -0.119. The molecule has 0 aromatic carbocycles. The third kappa shape index (κ3) is 3.06. The van der Waals surface area contributed by atoms with Gasteiger partial charge in [0, 0.05) is 23.7 Å². The van der Waals surface area contributed by atoms with Crippen molar-refractivity contribution in [1.82, 2.24) is 15.5 Å². The zero-order valence-corrected chi connectivity index (χ0v) is 10.3. The van der Waals surface area contributed by atoms with Crippen LogP contribution in [-0.4, -0.2) is 29.2 Å². The number of nitrogens with one attached hydrogen (secondary N) is 3. The Morgan fingerprint density at radius 1 is 1.50 bits per heavy atom. The number of aryl methyl sites for hydroxylation is 1. The van der Waals surface area contributed by atoms with E-state index in [4.69, 9.17) is 0 Å². The van der Waals surface area contributed by atoms with E-state index in [0.717, 1.165) is 17.8 Å². The van der Waals surface area contributed by atoms with Crippen LogP contribution in [0.15, 0.2) is 0 Å². The van der Waals surface area contributed by atoms with Crippen molar-refractivity contribution in [3.63, 3.8) is 0 Å². The first kappa shape index (κ1) is 12.7. The molecule has 0 saturated heterocycles. The Morgan fingerprint density at radius 3 is 2.69 bits per heavy atom. The van der Waals surface area contributed by atoms with E-state index in [2.05, 4.69) is 20.8 Å². The second-order valence-electron chi connectivity index (χ2n) is 4.02. The lowest BCUT2D eigenvalue weighted by Crippen LogP contribution is -2.30. The van der Waals surface area contributed by atoms with Crippen LogP contribution in [0, 0.1) is 19.8 Å². The number of nitrogens with zero attached hydrogens (tertiary/aromatic N) is 1. The van der Waals surface area contributed by atoms with Crippen LogP contribution in [0.3, 0.4) is 0 Å². The first-order chi connectivity index (χ1) is 7.56. The summed E-state index contributed by atoms with van der Waals surface area (Å²) in [6.07, 6.45) is 0. The van der Waals surface area contributed by atoms with Crippen LogP contribution in [-0.2, 0) is 4.79 Å². The van der Waals surface area contributed by atoms with Crippen LogP contribution < -0.4 is 10.6 Å². The summed E-state index contributed by atoms with van der Waals surface area (Å²) < 4.78 is 0. The summed E-state index contributed by atoms with van der Waals surface area (Å²) in [4.78, 5) is 11.8. The van der Waals surface area contributed by atoms with Crippen molar-refractivity contribution >= 4 is 11.7 Å². The molecule has 1 aromatic heterocycles. The molecule has 1 unspecified atom stereocenters. The fourth-order valence-electron chi connectivity index (χ4n) is 1.30. The predicted octanol–water partition coefficient (Wildman–Crippen LogP) is 1.21. The van der Waals surface area contributed by atoms with Gasteiger partial charge >= 0.3 is 0 Å². The summed E-state index contributed by atoms with van der Waals surface area (Å²) in [5.74, 6) is 0.567. The number of carbonyl (C=O) groups excluding carboxylic acids is 1. The largest absolute Gasteiger partial charge is 0.316 e. The third-order valence-electron chi connectivity index (χ3n) is 2.64. The van der Waals surface area contributed by atoms with Gasteiger partial charge in [-0.1, -0.05) is 13.8 Å². The number of hydrogen-bond acceptors (Lipinski definition) is 3. The maximum atomic E-state index is 11.8. The maximum Gasteiger partial charge on any atom is 0.229 e. The average Bonchev–Trinajstić information content (AvgIpc) is 2.57. The Bertz CT molecular complexity index is 359. The molecule has 1 rings (SSSR count). The van der Waals surface area contributed by atoms with E-state index in [1.54, 1.807) is 0 Å². The second kappa shape index (κ2) is 5.65. The molecule has 0 bridgehead atoms. The van der Waals surface area contributed by atoms with Crippen LogP contribution in [0.5, 0.6) is 0 Å². The van der Waals surface area contributed by atoms with Gasteiger partial charge in [0.15, 0.2) is 5.82 Å². The van der Waals surface area contributed by atoms with Crippen LogP contribution in [0.1, 0.15) is 25.1 Å². The topological polar surface area (TPSA) is 69.8 Å². The molecule has 1 amide bonds. The quantitative estimate of drug-likeness (QED) is 0.704. The predicted molar refractivity (Wildman–Crippen MR) is 64.4 cm³/mol. The minimum atomic E-state index is -0.0589. The second-order valence-corrected chi connectivity index (χ2v) is 4.02. The highest BCUT2D eigenvalue weighted by Crippen LogP contribution is 2.14. The number of rotatable bonds is 5. The monoisotopic (exact) mass is 224 g/mol. The van der Waals surface area contributed by atoms with Crippen molar-refractivity contribution < 1.29 is 4.79 Å². The zero-order valence-electron chi connectivity index (χ0n) is 10.3. The van der Waals surface area contributed by atoms with Gasteiger partial charge in [-0.25, -0.2) is 0 Å². The van der Waals surface area contributed by atoms with Crippen molar-refractivity contribution in [2.45, 2.75) is 27.7 Å². The van der Waals surface area contributed by atoms with Gasteiger partial charge in [0.2, 0.25) is 5.91 Å². The van der Waals surface area contributed by atoms with Crippen molar-refractivity contribution in [3.8, 4) is 0 Å². The molecule has 16 heavy (non-hydrogen) atoms. The first-order valence-electron chi connectivity index (χ1n) is 5.59. The summed E-state index contributed by atoms with van der Waals surface area (Å²) >= 11 is 0. The Balaban J connectivity index is 2.54. The summed E-state index contributed by atoms with van der Waals surface area (Å²) in [5, 5.41) is 12.8. The lowest BCUT2D eigenvalue weighted by atomic mass is 10.1. The molecule has 0 saturated carbocycles. The molecule has 0 aliphatic carbocycles. The van der Waals surface area contributed by atoms with Gasteiger partial charge in [-0.2, -0.15) is 5.10 Å². The van der Waals surface area contributed by atoms with Gasteiger partial charge in [0.1, 0.15) is 0 Å². The average molecular weight is 224 g/mol. The van der Waals surface area contributed by atoms with Gasteiger partial charge in [0.05, 0.1) is 0 Å². The third-order valence-corrected chi connectivity index (χ3v) is 2.64. The van der Waals surface area contributed by atoms with Crippen LogP contribution in [0.4, 0.5) is 5.82 Å². The normalized spacial score (nSPS) is 12.5. The molecule has 1 aromatic rings. The van der Waals surface area contributed by atoms with E-state index < -0.39 is 0 Å². The van der Waals surface area contributed by atoms with E-state index >= 15 is 0 Å².